The van der Waals surface area contributed by atoms with Gasteiger partial charge in [0.1, 0.15) is 5.69 Å². The zero-order valence-corrected chi connectivity index (χ0v) is 17.4. The second-order valence-electron chi connectivity index (χ2n) is 8.21. The van der Waals surface area contributed by atoms with Crippen molar-refractivity contribution in [1.29, 1.82) is 0 Å². The van der Waals surface area contributed by atoms with Crippen LogP contribution >= 0.6 is 0 Å². The normalized spacial score (nSPS) is 16.4. The van der Waals surface area contributed by atoms with Gasteiger partial charge in [0.05, 0.1) is 12.1 Å². The first-order chi connectivity index (χ1) is 15.2. The molecular formula is C24H25N5O2. The van der Waals surface area contributed by atoms with Crippen LogP contribution < -0.4 is 0 Å². The van der Waals surface area contributed by atoms with E-state index in [1.165, 1.54) is 0 Å². The van der Waals surface area contributed by atoms with Gasteiger partial charge in [-0.25, -0.2) is 0 Å². The van der Waals surface area contributed by atoms with Gasteiger partial charge in [-0.15, -0.1) is 0 Å². The molecule has 3 heterocycles. The van der Waals surface area contributed by atoms with Crippen molar-refractivity contribution in [2.75, 3.05) is 26.2 Å². The number of carbonyl (C=O) groups excluding carboxylic acids is 2. The van der Waals surface area contributed by atoms with Gasteiger partial charge in [-0.3, -0.25) is 19.3 Å². The Morgan fingerprint density at radius 1 is 0.935 bits per heavy atom. The topological polar surface area (TPSA) is 71.3 Å². The van der Waals surface area contributed by atoms with E-state index in [0.717, 1.165) is 24.0 Å². The molecule has 1 aliphatic heterocycles. The highest BCUT2D eigenvalue weighted by Gasteiger charge is 2.35. The van der Waals surface area contributed by atoms with Crippen LogP contribution in [0.4, 0.5) is 0 Å². The number of amides is 2. The molecule has 0 atom stereocenters. The SMILES string of the molecule is O=C(c1cn(Cc2ccccc2)nc1-c1cccnc1)N1CCN(C(=O)C2CC2)CC1. The summed E-state index contributed by atoms with van der Waals surface area (Å²) in [5.41, 5.74) is 3.16. The molecule has 0 bridgehead atoms. The Hall–Kier alpha value is -3.48. The van der Waals surface area contributed by atoms with E-state index in [9.17, 15) is 9.59 Å². The minimum absolute atomic E-state index is 0.0447. The van der Waals surface area contributed by atoms with Crippen molar-refractivity contribution < 1.29 is 9.59 Å². The van der Waals surface area contributed by atoms with Gasteiger partial charge < -0.3 is 9.80 Å². The number of benzene rings is 1. The summed E-state index contributed by atoms with van der Waals surface area (Å²) >= 11 is 0. The zero-order valence-electron chi connectivity index (χ0n) is 17.4. The summed E-state index contributed by atoms with van der Waals surface area (Å²) < 4.78 is 1.82. The molecule has 0 spiro atoms. The summed E-state index contributed by atoms with van der Waals surface area (Å²) in [5, 5.41) is 4.73. The molecule has 0 unspecified atom stereocenters. The molecule has 0 N–H and O–H groups in total. The number of piperazine rings is 1. The van der Waals surface area contributed by atoms with Crippen molar-refractivity contribution in [3.05, 3.63) is 72.2 Å². The average Bonchev–Trinajstić information content (AvgIpc) is 3.59. The highest BCUT2D eigenvalue weighted by atomic mass is 16.2. The number of hydrogen-bond donors (Lipinski definition) is 0. The van der Waals surface area contributed by atoms with Crippen LogP contribution in [0.1, 0.15) is 28.8 Å². The van der Waals surface area contributed by atoms with E-state index in [4.69, 9.17) is 5.10 Å². The summed E-state index contributed by atoms with van der Waals surface area (Å²) in [7, 11) is 0. The first-order valence-electron chi connectivity index (χ1n) is 10.8. The average molecular weight is 415 g/mol. The van der Waals surface area contributed by atoms with E-state index in [2.05, 4.69) is 4.98 Å². The molecule has 2 fully saturated rings. The van der Waals surface area contributed by atoms with Gasteiger partial charge in [0.15, 0.2) is 0 Å². The first-order valence-corrected chi connectivity index (χ1v) is 10.8. The van der Waals surface area contributed by atoms with Gasteiger partial charge in [-0.2, -0.15) is 5.10 Å². The Kier molecular flexibility index (Phi) is 5.24. The minimum Gasteiger partial charge on any atom is -0.339 e. The standard InChI is InChI=1S/C24H25N5O2/c30-23(19-8-9-19)27-11-13-28(14-12-27)24(31)21-17-29(16-18-5-2-1-3-6-18)26-22(21)20-7-4-10-25-15-20/h1-7,10,15,17,19H,8-9,11-14,16H2. The van der Waals surface area contributed by atoms with Crippen LogP contribution in [0, 0.1) is 5.92 Å². The summed E-state index contributed by atoms with van der Waals surface area (Å²) in [4.78, 5) is 33.7. The van der Waals surface area contributed by atoms with Gasteiger partial charge in [0.25, 0.3) is 5.91 Å². The molecule has 2 aromatic heterocycles. The third-order valence-electron chi connectivity index (χ3n) is 5.92. The van der Waals surface area contributed by atoms with Gasteiger partial charge in [-0.05, 0) is 30.5 Å². The summed E-state index contributed by atoms with van der Waals surface area (Å²) in [5.74, 6) is 0.422. The van der Waals surface area contributed by atoms with E-state index in [1.807, 2.05) is 63.1 Å². The van der Waals surface area contributed by atoms with E-state index in [-0.39, 0.29) is 17.7 Å². The van der Waals surface area contributed by atoms with Crippen LogP contribution in [0.15, 0.2) is 61.1 Å². The second-order valence-corrected chi connectivity index (χ2v) is 8.21. The number of pyridine rings is 1. The van der Waals surface area contributed by atoms with E-state index in [1.54, 1.807) is 12.4 Å². The Labute approximate surface area is 181 Å². The number of hydrogen-bond acceptors (Lipinski definition) is 4. The van der Waals surface area contributed by atoms with Gasteiger partial charge >= 0.3 is 0 Å². The number of carbonyl (C=O) groups is 2. The molecule has 2 aliphatic rings. The molecule has 1 aromatic carbocycles. The van der Waals surface area contributed by atoms with E-state index < -0.39 is 0 Å². The van der Waals surface area contributed by atoms with Crippen LogP contribution in [-0.2, 0) is 11.3 Å². The van der Waals surface area contributed by atoms with Crippen molar-refractivity contribution in [2.24, 2.45) is 5.92 Å². The van der Waals surface area contributed by atoms with Crippen LogP contribution in [-0.4, -0.2) is 62.6 Å². The molecule has 0 radical (unpaired) electrons. The molecule has 1 saturated heterocycles. The Morgan fingerprint density at radius 2 is 1.68 bits per heavy atom. The maximum Gasteiger partial charge on any atom is 0.257 e. The van der Waals surface area contributed by atoms with Crippen molar-refractivity contribution in [3.8, 4) is 11.3 Å². The van der Waals surface area contributed by atoms with Crippen molar-refractivity contribution in [3.63, 3.8) is 0 Å². The van der Waals surface area contributed by atoms with Gasteiger partial charge in [-0.1, -0.05) is 30.3 Å². The van der Waals surface area contributed by atoms with Crippen LogP contribution in [0.3, 0.4) is 0 Å². The molecule has 1 saturated carbocycles. The number of aromatic nitrogens is 3. The van der Waals surface area contributed by atoms with E-state index in [0.29, 0.717) is 44.0 Å². The lowest BCUT2D eigenvalue weighted by Crippen LogP contribution is -2.51. The minimum atomic E-state index is -0.0447. The van der Waals surface area contributed by atoms with Gasteiger partial charge in [0.2, 0.25) is 5.91 Å². The van der Waals surface area contributed by atoms with Crippen molar-refractivity contribution in [2.45, 2.75) is 19.4 Å². The summed E-state index contributed by atoms with van der Waals surface area (Å²) in [6.45, 7) is 2.88. The fourth-order valence-electron chi connectivity index (χ4n) is 4.03. The highest BCUT2D eigenvalue weighted by Crippen LogP contribution is 2.31. The Balaban J connectivity index is 1.38. The van der Waals surface area contributed by atoms with Crippen molar-refractivity contribution in [1.82, 2.24) is 24.6 Å². The predicted molar refractivity (Wildman–Crippen MR) is 116 cm³/mol. The Morgan fingerprint density at radius 3 is 2.35 bits per heavy atom. The molecule has 158 valence electrons. The van der Waals surface area contributed by atoms with Gasteiger partial charge in [0, 0.05) is 56.3 Å². The fraction of sp³-hybridized carbons (Fsp3) is 0.333. The lowest BCUT2D eigenvalue weighted by atomic mass is 10.1. The third-order valence-corrected chi connectivity index (χ3v) is 5.92. The smallest absolute Gasteiger partial charge is 0.257 e. The van der Waals surface area contributed by atoms with Crippen LogP contribution in [0.25, 0.3) is 11.3 Å². The molecule has 7 heteroatoms. The Bertz CT molecular complexity index is 1070. The number of rotatable bonds is 5. The molecule has 5 rings (SSSR count). The highest BCUT2D eigenvalue weighted by molar-refractivity contribution is 6.00. The second kappa shape index (κ2) is 8.34. The molecule has 2 amide bonds. The largest absolute Gasteiger partial charge is 0.339 e. The number of nitrogens with zero attached hydrogens (tertiary/aromatic N) is 5. The predicted octanol–water partition coefficient (Wildman–Crippen LogP) is 2.69. The molecule has 1 aliphatic carbocycles. The van der Waals surface area contributed by atoms with Crippen LogP contribution in [0.2, 0.25) is 0 Å². The quantitative estimate of drug-likeness (QED) is 0.642. The fourth-order valence-corrected chi connectivity index (χ4v) is 4.03. The lowest BCUT2D eigenvalue weighted by Gasteiger charge is -2.34. The maximum atomic E-state index is 13.4. The first kappa shape index (κ1) is 19.5. The summed E-state index contributed by atoms with van der Waals surface area (Å²) in [6.07, 6.45) is 7.29. The molecule has 3 aromatic rings. The monoisotopic (exact) mass is 415 g/mol. The van der Waals surface area contributed by atoms with E-state index >= 15 is 0 Å². The third kappa shape index (κ3) is 4.21. The molecule has 7 nitrogen and oxygen atoms in total. The molecule has 31 heavy (non-hydrogen) atoms. The maximum absolute atomic E-state index is 13.4. The van der Waals surface area contributed by atoms with Crippen molar-refractivity contribution >= 4 is 11.8 Å². The lowest BCUT2D eigenvalue weighted by molar-refractivity contribution is -0.134. The summed E-state index contributed by atoms with van der Waals surface area (Å²) in [6, 6.07) is 13.8. The zero-order chi connectivity index (χ0) is 21.2. The van der Waals surface area contributed by atoms with Crippen LogP contribution in [0.5, 0.6) is 0 Å². The molecular weight excluding hydrogens is 390 g/mol.